The monoisotopic (exact) mass is 247 g/mol. The van der Waals surface area contributed by atoms with Gasteiger partial charge in [-0.3, -0.25) is 0 Å². The Bertz CT molecular complexity index is 502. The van der Waals surface area contributed by atoms with E-state index in [1.807, 2.05) is 0 Å². The quantitative estimate of drug-likeness (QED) is 0.806. The second-order valence-corrected chi connectivity index (χ2v) is 6.04. The summed E-state index contributed by atoms with van der Waals surface area (Å²) in [7, 11) is -3.26. The molecule has 1 aliphatic rings. The first-order chi connectivity index (χ1) is 7.50. The first-order valence-electron chi connectivity index (χ1n) is 4.88. The molecule has 6 heteroatoms. The average molecular weight is 247 g/mol. The van der Waals surface area contributed by atoms with E-state index in [1.165, 1.54) is 6.07 Å². The highest BCUT2D eigenvalue weighted by molar-refractivity contribution is 7.91. The van der Waals surface area contributed by atoms with Gasteiger partial charge in [0, 0.05) is 13.1 Å². The van der Waals surface area contributed by atoms with Crippen LogP contribution in [0.1, 0.15) is 10.8 Å². The fourth-order valence-corrected chi connectivity index (χ4v) is 3.40. The van der Waals surface area contributed by atoms with Crippen LogP contribution in [-0.4, -0.2) is 27.3 Å². The van der Waals surface area contributed by atoms with E-state index in [0.29, 0.717) is 12.1 Å². The maximum absolute atomic E-state index is 13.0. The number of halogens is 2. The van der Waals surface area contributed by atoms with E-state index in [0.717, 1.165) is 12.1 Å². The lowest BCUT2D eigenvalue weighted by Crippen LogP contribution is -2.38. The molecule has 1 unspecified atom stereocenters. The van der Waals surface area contributed by atoms with Gasteiger partial charge in [-0.2, -0.15) is 0 Å². The smallest absolute Gasteiger partial charge is 0.159 e. The Morgan fingerprint density at radius 2 is 2.00 bits per heavy atom. The van der Waals surface area contributed by atoms with Gasteiger partial charge in [-0.25, -0.2) is 17.2 Å². The predicted octanol–water partition coefficient (Wildman–Crippen LogP) is 1.02. The summed E-state index contributed by atoms with van der Waals surface area (Å²) in [5.74, 6) is -1.96. The minimum Gasteiger partial charge on any atom is -0.314 e. The number of hydrogen-bond acceptors (Lipinski definition) is 3. The van der Waals surface area contributed by atoms with Crippen LogP contribution in [0.4, 0.5) is 8.78 Å². The maximum atomic E-state index is 13.0. The van der Waals surface area contributed by atoms with Crippen LogP contribution in [0, 0.1) is 11.6 Å². The topological polar surface area (TPSA) is 46.2 Å². The van der Waals surface area contributed by atoms with Gasteiger partial charge < -0.3 is 5.32 Å². The number of nitrogens with one attached hydrogen (secondary N) is 1. The molecule has 1 fully saturated rings. The van der Waals surface area contributed by atoms with Crippen LogP contribution >= 0.6 is 0 Å². The summed E-state index contributed by atoms with van der Waals surface area (Å²) in [5, 5.41) is 2.15. The summed E-state index contributed by atoms with van der Waals surface area (Å²) in [6.45, 7) is 0.649. The average Bonchev–Trinajstić information content (AvgIpc) is 2.22. The van der Waals surface area contributed by atoms with Crippen LogP contribution in [0.25, 0.3) is 0 Å². The first-order valence-corrected chi connectivity index (χ1v) is 6.59. The van der Waals surface area contributed by atoms with E-state index in [9.17, 15) is 17.2 Å². The van der Waals surface area contributed by atoms with Crippen molar-refractivity contribution in [1.82, 2.24) is 5.32 Å². The van der Waals surface area contributed by atoms with Gasteiger partial charge in [0.05, 0.1) is 11.0 Å². The molecule has 0 aliphatic carbocycles. The van der Waals surface area contributed by atoms with Crippen LogP contribution in [-0.2, 0) is 9.84 Å². The molecule has 3 nitrogen and oxygen atoms in total. The van der Waals surface area contributed by atoms with Crippen LogP contribution in [0.3, 0.4) is 0 Å². The molecule has 0 bridgehead atoms. The molecule has 0 spiro atoms. The number of sulfone groups is 1. The second-order valence-electron chi connectivity index (χ2n) is 3.73. The van der Waals surface area contributed by atoms with Crippen LogP contribution in [0.2, 0.25) is 0 Å². The van der Waals surface area contributed by atoms with Gasteiger partial charge in [-0.05, 0) is 17.7 Å². The Morgan fingerprint density at radius 3 is 2.62 bits per heavy atom. The molecule has 1 aliphatic heterocycles. The van der Waals surface area contributed by atoms with E-state index in [-0.39, 0.29) is 12.3 Å². The van der Waals surface area contributed by atoms with Crippen molar-refractivity contribution in [3.63, 3.8) is 0 Å². The summed E-state index contributed by atoms with van der Waals surface area (Å²) in [4.78, 5) is 0. The summed E-state index contributed by atoms with van der Waals surface area (Å²) < 4.78 is 49.2. The highest BCUT2D eigenvalue weighted by atomic mass is 32.2. The number of rotatable bonds is 1. The van der Waals surface area contributed by atoms with Crippen LogP contribution in [0.15, 0.2) is 18.2 Å². The zero-order valence-corrected chi connectivity index (χ0v) is 9.23. The van der Waals surface area contributed by atoms with Gasteiger partial charge >= 0.3 is 0 Å². The zero-order chi connectivity index (χ0) is 11.8. The second kappa shape index (κ2) is 4.10. The van der Waals surface area contributed by atoms with E-state index in [1.54, 1.807) is 0 Å². The molecule has 1 N–H and O–H groups in total. The molecular formula is C10H11F2NO2S. The van der Waals surface area contributed by atoms with Crippen molar-refractivity contribution in [2.24, 2.45) is 0 Å². The van der Waals surface area contributed by atoms with Gasteiger partial charge in [-0.1, -0.05) is 6.07 Å². The molecule has 0 amide bonds. The molecule has 16 heavy (non-hydrogen) atoms. The van der Waals surface area contributed by atoms with Crippen molar-refractivity contribution >= 4 is 9.84 Å². The molecule has 1 atom stereocenters. The molecule has 0 radical (unpaired) electrons. The molecule has 1 heterocycles. The standard InChI is InChI=1S/C10H11F2NO2S/c11-8-2-1-7(5-9(8)12)10-6-13-3-4-16(10,14)15/h1-2,5,10,13H,3-4,6H2. The third kappa shape index (κ3) is 2.08. The van der Waals surface area contributed by atoms with Crippen molar-refractivity contribution < 1.29 is 17.2 Å². The van der Waals surface area contributed by atoms with E-state index < -0.39 is 26.7 Å². The minimum absolute atomic E-state index is 0.0245. The minimum atomic E-state index is -3.26. The largest absolute Gasteiger partial charge is 0.314 e. The van der Waals surface area contributed by atoms with Crippen molar-refractivity contribution in [3.8, 4) is 0 Å². The number of benzene rings is 1. The van der Waals surface area contributed by atoms with Gasteiger partial charge in [0.1, 0.15) is 0 Å². The first kappa shape index (κ1) is 11.5. The Labute approximate surface area is 92.4 Å². The zero-order valence-electron chi connectivity index (χ0n) is 8.41. The molecule has 1 aromatic carbocycles. The Balaban J connectivity index is 2.39. The lowest BCUT2D eigenvalue weighted by atomic mass is 10.1. The Kier molecular flexibility index (Phi) is 2.94. The van der Waals surface area contributed by atoms with Crippen LogP contribution in [0.5, 0.6) is 0 Å². The third-order valence-corrected chi connectivity index (χ3v) is 4.72. The van der Waals surface area contributed by atoms with Crippen molar-refractivity contribution in [3.05, 3.63) is 35.4 Å². The van der Waals surface area contributed by atoms with Gasteiger partial charge in [-0.15, -0.1) is 0 Å². The lowest BCUT2D eigenvalue weighted by molar-refractivity contribution is 0.504. The molecule has 1 aromatic rings. The summed E-state index contributed by atoms with van der Waals surface area (Å²) in [5.41, 5.74) is 0.297. The third-order valence-electron chi connectivity index (χ3n) is 2.64. The predicted molar refractivity (Wildman–Crippen MR) is 55.8 cm³/mol. The van der Waals surface area contributed by atoms with E-state index >= 15 is 0 Å². The molecule has 88 valence electrons. The highest BCUT2D eigenvalue weighted by Gasteiger charge is 2.30. The van der Waals surface area contributed by atoms with Gasteiger partial charge in [0.25, 0.3) is 0 Å². The van der Waals surface area contributed by atoms with Crippen molar-refractivity contribution in [2.75, 3.05) is 18.8 Å². The SMILES string of the molecule is O=S1(=O)CCNCC1c1ccc(F)c(F)c1. The highest BCUT2D eigenvalue weighted by Crippen LogP contribution is 2.25. The van der Waals surface area contributed by atoms with Gasteiger partial charge in [0.15, 0.2) is 21.5 Å². The molecular weight excluding hydrogens is 236 g/mol. The Hall–Kier alpha value is -1.01. The lowest BCUT2D eigenvalue weighted by Gasteiger charge is -2.23. The summed E-state index contributed by atoms with van der Waals surface area (Å²) >= 11 is 0. The van der Waals surface area contributed by atoms with Crippen LogP contribution < -0.4 is 5.32 Å². The van der Waals surface area contributed by atoms with Gasteiger partial charge in [0.2, 0.25) is 0 Å². The molecule has 2 rings (SSSR count). The Morgan fingerprint density at radius 1 is 1.25 bits per heavy atom. The van der Waals surface area contributed by atoms with Crippen molar-refractivity contribution in [2.45, 2.75) is 5.25 Å². The normalized spacial score (nSPS) is 24.2. The summed E-state index contributed by atoms with van der Waals surface area (Å²) in [6, 6.07) is 3.22. The van der Waals surface area contributed by atoms with E-state index in [4.69, 9.17) is 0 Å². The van der Waals surface area contributed by atoms with E-state index in [2.05, 4.69) is 5.32 Å². The maximum Gasteiger partial charge on any atom is 0.159 e. The summed E-state index contributed by atoms with van der Waals surface area (Å²) in [6.07, 6.45) is 0. The molecule has 0 saturated carbocycles. The fraction of sp³-hybridized carbons (Fsp3) is 0.400. The molecule has 1 saturated heterocycles. The van der Waals surface area contributed by atoms with Crippen molar-refractivity contribution in [1.29, 1.82) is 0 Å². The number of hydrogen-bond donors (Lipinski definition) is 1. The molecule has 0 aromatic heterocycles. The fourth-order valence-electron chi connectivity index (χ4n) is 1.75.